The predicted octanol–water partition coefficient (Wildman–Crippen LogP) is 0.513. The molecule has 20 heavy (non-hydrogen) atoms. The maximum Gasteiger partial charge on any atom is 0.223 e. The first-order valence-electron chi connectivity index (χ1n) is 7.19. The summed E-state index contributed by atoms with van der Waals surface area (Å²) in [6, 6.07) is 0.427. The molecule has 0 aromatic carbocycles. The van der Waals surface area contributed by atoms with Gasteiger partial charge in [0, 0.05) is 57.6 Å². The van der Waals surface area contributed by atoms with Crippen LogP contribution < -0.4 is 10.2 Å². The summed E-state index contributed by atoms with van der Waals surface area (Å²) in [4.78, 5) is 24.5. The van der Waals surface area contributed by atoms with Crippen LogP contribution in [0.1, 0.15) is 20.3 Å². The molecule has 0 spiro atoms. The third-order valence-electron chi connectivity index (χ3n) is 3.40. The highest BCUT2D eigenvalue weighted by Crippen LogP contribution is 2.11. The molecule has 2 heterocycles. The van der Waals surface area contributed by atoms with Crippen LogP contribution in [0.25, 0.3) is 0 Å². The summed E-state index contributed by atoms with van der Waals surface area (Å²) < 4.78 is 0. The molecule has 0 unspecified atom stereocenters. The molecule has 2 rings (SSSR count). The van der Waals surface area contributed by atoms with Gasteiger partial charge in [-0.05, 0) is 0 Å². The molecule has 1 amide bonds. The second-order valence-corrected chi connectivity index (χ2v) is 5.29. The molecule has 0 radical (unpaired) electrons. The van der Waals surface area contributed by atoms with Gasteiger partial charge in [-0.2, -0.15) is 0 Å². The molecule has 0 aliphatic carbocycles. The monoisotopic (exact) mass is 277 g/mol. The molecule has 0 saturated carbocycles. The van der Waals surface area contributed by atoms with Gasteiger partial charge < -0.3 is 15.1 Å². The standard InChI is InChI=1S/C14H23N5O/c1-12(2)16-4-3-14(20)19-9-7-18(8-10-19)13-11-15-5-6-17-13/h5-6,11-12,16H,3-4,7-10H2,1-2H3. The van der Waals surface area contributed by atoms with Crippen molar-refractivity contribution >= 4 is 11.7 Å². The molecule has 1 saturated heterocycles. The minimum atomic E-state index is 0.233. The van der Waals surface area contributed by atoms with E-state index in [1.165, 1.54) is 0 Å². The lowest BCUT2D eigenvalue weighted by Crippen LogP contribution is -2.49. The summed E-state index contributed by atoms with van der Waals surface area (Å²) in [6.07, 6.45) is 5.71. The molecule has 1 fully saturated rings. The van der Waals surface area contributed by atoms with Crippen LogP contribution in [0.3, 0.4) is 0 Å². The van der Waals surface area contributed by atoms with Crippen molar-refractivity contribution in [2.75, 3.05) is 37.6 Å². The molecular weight excluding hydrogens is 254 g/mol. The van der Waals surface area contributed by atoms with Gasteiger partial charge in [-0.3, -0.25) is 9.78 Å². The van der Waals surface area contributed by atoms with Crippen molar-refractivity contribution < 1.29 is 4.79 Å². The quantitative estimate of drug-likeness (QED) is 0.850. The van der Waals surface area contributed by atoms with Gasteiger partial charge in [0.1, 0.15) is 5.82 Å². The first-order chi connectivity index (χ1) is 9.66. The van der Waals surface area contributed by atoms with Crippen molar-refractivity contribution in [3.05, 3.63) is 18.6 Å². The molecule has 110 valence electrons. The minimum Gasteiger partial charge on any atom is -0.352 e. The SMILES string of the molecule is CC(C)NCCC(=O)N1CCN(c2cnccn2)CC1. The van der Waals surface area contributed by atoms with E-state index in [9.17, 15) is 4.79 Å². The zero-order valence-corrected chi connectivity index (χ0v) is 12.2. The van der Waals surface area contributed by atoms with E-state index < -0.39 is 0 Å². The second kappa shape index (κ2) is 7.19. The summed E-state index contributed by atoms with van der Waals surface area (Å²) in [5.41, 5.74) is 0. The Hall–Kier alpha value is -1.69. The summed E-state index contributed by atoms with van der Waals surface area (Å²) in [5.74, 6) is 1.12. The Bertz CT molecular complexity index is 415. The van der Waals surface area contributed by atoms with Crippen LogP contribution in [-0.2, 0) is 4.79 Å². The fourth-order valence-corrected chi connectivity index (χ4v) is 2.27. The highest BCUT2D eigenvalue weighted by Gasteiger charge is 2.21. The van der Waals surface area contributed by atoms with Gasteiger partial charge in [0.2, 0.25) is 5.91 Å². The minimum absolute atomic E-state index is 0.233. The van der Waals surface area contributed by atoms with Crippen molar-refractivity contribution in [2.45, 2.75) is 26.3 Å². The number of anilines is 1. The Balaban J connectivity index is 1.75. The average molecular weight is 277 g/mol. The lowest BCUT2D eigenvalue weighted by atomic mass is 10.2. The molecule has 1 aromatic heterocycles. The third-order valence-corrected chi connectivity index (χ3v) is 3.40. The first kappa shape index (κ1) is 14.7. The number of hydrogen-bond donors (Lipinski definition) is 1. The summed E-state index contributed by atoms with van der Waals surface area (Å²) in [7, 11) is 0. The van der Waals surface area contributed by atoms with Crippen molar-refractivity contribution in [3.63, 3.8) is 0 Å². The molecule has 1 aliphatic heterocycles. The van der Waals surface area contributed by atoms with Crippen molar-refractivity contribution in [1.29, 1.82) is 0 Å². The maximum atomic E-state index is 12.1. The number of piperazine rings is 1. The van der Waals surface area contributed by atoms with E-state index in [4.69, 9.17) is 0 Å². The van der Waals surface area contributed by atoms with Crippen LogP contribution >= 0.6 is 0 Å². The maximum absolute atomic E-state index is 12.1. The summed E-state index contributed by atoms with van der Waals surface area (Å²) in [6.45, 7) is 8.09. The Morgan fingerprint density at radius 1 is 1.30 bits per heavy atom. The van der Waals surface area contributed by atoms with Gasteiger partial charge >= 0.3 is 0 Å². The third kappa shape index (κ3) is 4.16. The number of carbonyl (C=O) groups is 1. The fourth-order valence-electron chi connectivity index (χ4n) is 2.27. The Labute approximate surface area is 120 Å². The summed E-state index contributed by atoms with van der Waals surface area (Å²) in [5, 5.41) is 3.27. The zero-order chi connectivity index (χ0) is 14.4. The van der Waals surface area contributed by atoms with E-state index >= 15 is 0 Å². The molecule has 6 heteroatoms. The predicted molar refractivity (Wildman–Crippen MR) is 78.6 cm³/mol. The van der Waals surface area contributed by atoms with Crippen LogP contribution in [0.4, 0.5) is 5.82 Å². The van der Waals surface area contributed by atoms with Crippen molar-refractivity contribution in [3.8, 4) is 0 Å². The molecule has 1 N–H and O–H groups in total. The molecule has 6 nitrogen and oxygen atoms in total. The Kier molecular flexibility index (Phi) is 5.29. The van der Waals surface area contributed by atoms with Gasteiger partial charge in [0.25, 0.3) is 0 Å². The van der Waals surface area contributed by atoms with E-state index in [1.807, 2.05) is 4.90 Å². The Morgan fingerprint density at radius 2 is 2.05 bits per heavy atom. The molecule has 1 aliphatic rings. The van der Waals surface area contributed by atoms with Gasteiger partial charge in [-0.25, -0.2) is 4.98 Å². The average Bonchev–Trinajstić information content (AvgIpc) is 2.48. The summed E-state index contributed by atoms with van der Waals surface area (Å²) >= 11 is 0. The van der Waals surface area contributed by atoms with Crippen LogP contribution in [0.2, 0.25) is 0 Å². The van der Waals surface area contributed by atoms with E-state index in [1.54, 1.807) is 18.6 Å². The lowest BCUT2D eigenvalue weighted by Gasteiger charge is -2.35. The molecule has 1 aromatic rings. The molecule has 0 bridgehead atoms. The zero-order valence-electron chi connectivity index (χ0n) is 12.2. The van der Waals surface area contributed by atoms with Crippen LogP contribution in [0, 0.1) is 0 Å². The number of hydrogen-bond acceptors (Lipinski definition) is 5. The highest BCUT2D eigenvalue weighted by molar-refractivity contribution is 5.76. The van der Waals surface area contributed by atoms with Crippen LogP contribution in [0.15, 0.2) is 18.6 Å². The number of carbonyl (C=O) groups excluding carboxylic acids is 1. The highest BCUT2D eigenvalue weighted by atomic mass is 16.2. The smallest absolute Gasteiger partial charge is 0.223 e. The van der Waals surface area contributed by atoms with E-state index in [0.717, 1.165) is 38.5 Å². The Morgan fingerprint density at radius 3 is 2.65 bits per heavy atom. The number of amides is 1. The largest absolute Gasteiger partial charge is 0.352 e. The normalized spacial score (nSPS) is 15.8. The van der Waals surface area contributed by atoms with Gasteiger partial charge in [0.15, 0.2) is 0 Å². The first-order valence-corrected chi connectivity index (χ1v) is 7.19. The van der Waals surface area contributed by atoms with E-state index in [2.05, 4.69) is 34.0 Å². The van der Waals surface area contributed by atoms with Crippen LogP contribution in [0.5, 0.6) is 0 Å². The van der Waals surface area contributed by atoms with Crippen LogP contribution in [-0.4, -0.2) is 59.5 Å². The fraction of sp³-hybridized carbons (Fsp3) is 0.643. The van der Waals surface area contributed by atoms with Gasteiger partial charge in [-0.1, -0.05) is 13.8 Å². The lowest BCUT2D eigenvalue weighted by molar-refractivity contribution is -0.131. The van der Waals surface area contributed by atoms with E-state index in [0.29, 0.717) is 12.5 Å². The van der Waals surface area contributed by atoms with Crippen molar-refractivity contribution in [1.82, 2.24) is 20.2 Å². The molecule has 0 atom stereocenters. The van der Waals surface area contributed by atoms with E-state index in [-0.39, 0.29) is 5.91 Å². The number of rotatable bonds is 5. The number of nitrogens with zero attached hydrogens (tertiary/aromatic N) is 4. The van der Waals surface area contributed by atoms with Gasteiger partial charge in [0.05, 0.1) is 6.20 Å². The topological polar surface area (TPSA) is 61.4 Å². The van der Waals surface area contributed by atoms with Gasteiger partial charge in [-0.15, -0.1) is 0 Å². The molecular formula is C14H23N5O. The van der Waals surface area contributed by atoms with Crippen molar-refractivity contribution in [2.24, 2.45) is 0 Å². The second-order valence-electron chi connectivity index (χ2n) is 5.29. The number of nitrogens with one attached hydrogen (secondary N) is 1. The number of aromatic nitrogens is 2.